The van der Waals surface area contributed by atoms with Gasteiger partial charge in [0.1, 0.15) is 0 Å². The number of hydrogen-bond donors (Lipinski definition) is 4. The van der Waals surface area contributed by atoms with Gasteiger partial charge in [0.2, 0.25) is 0 Å². The molecule has 1 atom stereocenters. The van der Waals surface area contributed by atoms with E-state index in [-0.39, 0.29) is 16.4 Å². The molecule has 0 aromatic heterocycles. The minimum absolute atomic E-state index is 0. The Labute approximate surface area is 217 Å². The van der Waals surface area contributed by atoms with E-state index >= 15 is 0 Å². The van der Waals surface area contributed by atoms with Crippen LogP contribution in [0.4, 0.5) is 21.9 Å². The van der Waals surface area contributed by atoms with Crippen molar-refractivity contribution in [2.75, 3.05) is 43.1 Å². The summed E-state index contributed by atoms with van der Waals surface area (Å²) in [7, 11) is 2.09. The number of nitrogens with two attached hydrogens (primary N) is 1. The van der Waals surface area contributed by atoms with E-state index in [1.807, 2.05) is 42.5 Å². The molecule has 1 fully saturated rings. The number of ether oxygens (including phenoxy) is 1. The van der Waals surface area contributed by atoms with Crippen LogP contribution in [-0.2, 0) is 17.6 Å². The van der Waals surface area contributed by atoms with Crippen molar-refractivity contribution in [2.24, 2.45) is 0 Å². The fourth-order valence-electron chi connectivity index (χ4n) is 4.53. The highest BCUT2D eigenvalue weighted by Crippen LogP contribution is 2.26. The largest absolute Gasteiger partial charge is 0.398 e. The first-order chi connectivity index (χ1) is 17.4. The Hall–Kier alpha value is -3.68. The topological polar surface area (TPSA) is 103 Å². The summed E-state index contributed by atoms with van der Waals surface area (Å²) in [4.78, 5) is 15.1. The molecule has 1 unspecified atom stereocenters. The van der Waals surface area contributed by atoms with Gasteiger partial charge in [0.05, 0.1) is 18.4 Å². The molecular weight excluding hydrogens is 450 g/mol. The van der Waals surface area contributed by atoms with Gasteiger partial charge in [0.15, 0.2) is 0 Å². The molecule has 0 saturated carbocycles. The van der Waals surface area contributed by atoms with Crippen molar-refractivity contribution in [3.8, 4) is 0 Å². The van der Waals surface area contributed by atoms with Gasteiger partial charge in [-0.15, -0.1) is 0 Å². The molecule has 0 spiro atoms. The molecule has 7 heteroatoms. The first-order valence-electron chi connectivity index (χ1n) is 12.5. The Morgan fingerprint density at radius 3 is 2.42 bits per heavy atom. The second-order valence-corrected chi connectivity index (χ2v) is 9.16. The van der Waals surface area contributed by atoms with Crippen LogP contribution >= 0.6 is 0 Å². The zero-order chi connectivity index (χ0) is 25.7. The maximum atomic E-state index is 12.8. The molecule has 3 aromatic carbocycles. The summed E-state index contributed by atoms with van der Waals surface area (Å²) < 4.78 is 5.90. The van der Waals surface area contributed by atoms with Gasteiger partial charge in [-0.2, -0.15) is 0 Å². The van der Waals surface area contributed by atoms with Gasteiger partial charge in [-0.1, -0.05) is 56.3 Å². The second-order valence-electron chi connectivity index (χ2n) is 9.16. The molecule has 2 amide bonds. The van der Waals surface area contributed by atoms with Crippen molar-refractivity contribution < 1.29 is 13.8 Å². The highest BCUT2D eigenvalue weighted by molar-refractivity contribution is 6.14. The number of aryl methyl sites for hydroxylation is 2. The van der Waals surface area contributed by atoms with Crippen LogP contribution in [0.25, 0.3) is 0 Å². The highest BCUT2D eigenvalue weighted by atomic mass is 16.5. The Morgan fingerprint density at radius 2 is 1.78 bits per heavy atom. The molecule has 5 N–H and O–H groups in total. The van der Waals surface area contributed by atoms with Crippen LogP contribution in [0.2, 0.25) is 0 Å². The average Bonchev–Trinajstić information content (AvgIpc) is 2.89. The number of amides is 2. The van der Waals surface area contributed by atoms with Crippen molar-refractivity contribution in [1.29, 1.82) is 5.41 Å². The van der Waals surface area contributed by atoms with Crippen LogP contribution < -0.4 is 16.4 Å². The van der Waals surface area contributed by atoms with E-state index in [0.29, 0.717) is 29.3 Å². The molecule has 4 rings (SSSR count). The van der Waals surface area contributed by atoms with E-state index in [4.69, 9.17) is 15.9 Å². The lowest BCUT2D eigenvalue weighted by molar-refractivity contribution is -0.0208. The minimum Gasteiger partial charge on any atom is -0.398 e. The Kier molecular flexibility index (Phi) is 8.03. The number of para-hydroxylation sites is 1. The van der Waals surface area contributed by atoms with Gasteiger partial charge in [0, 0.05) is 45.6 Å². The molecule has 1 aliphatic rings. The fourth-order valence-corrected chi connectivity index (χ4v) is 4.53. The number of hydrogen-bond acceptors (Lipinski definition) is 5. The summed E-state index contributed by atoms with van der Waals surface area (Å²) in [5, 5.41) is 14.7. The van der Waals surface area contributed by atoms with Crippen molar-refractivity contribution >= 4 is 28.8 Å². The molecule has 0 bridgehead atoms. The number of nitrogens with one attached hydrogen (secondary N) is 3. The zero-order valence-electron chi connectivity index (χ0n) is 21.2. The lowest BCUT2D eigenvalue weighted by Crippen LogP contribution is -2.35. The van der Waals surface area contributed by atoms with Gasteiger partial charge in [-0.25, -0.2) is 4.79 Å². The molecule has 194 valence electrons. The smallest absolute Gasteiger partial charge is 0.323 e. The number of morpholine rings is 1. The SMILES string of the molecule is CCc1cccc(CC)c1NC(=O)Nc1ccc(N)c(C(=N)c2ccc(C3CN(C)CCO3)cc2)c1.[HH].[HH].[HH]. The van der Waals surface area contributed by atoms with E-state index < -0.39 is 0 Å². The lowest BCUT2D eigenvalue weighted by atomic mass is 9.98. The van der Waals surface area contributed by atoms with Crippen LogP contribution in [0.1, 0.15) is 52.0 Å². The molecular formula is C29H41N5O2. The highest BCUT2D eigenvalue weighted by Gasteiger charge is 2.20. The van der Waals surface area contributed by atoms with E-state index in [0.717, 1.165) is 53.9 Å². The number of rotatable bonds is 7. The quantitative estimate of drug-likeness (QED) is 0.233. The van der Waals surface area contributed by atoms with Crippen LogP contribution in [0.15, 0.2) is 60.7 Å². The van der Waals surface area contributed by atoms with Crippen molar-refractivity contribution in [3.63, 3.8) is 0 Å². The third-order valence-corrected chi connectivity index (χ3v) is 6.66. The van der Waals surface area contributed by atoms with Gasteiger partial charge in [-0.3, -0.25) is 5.41 Å². The summed E-state index contributed by atoms with van der Waals surface area (Å²) in [5.74, 6) is 0. The summed E-state index contributed by atoms with van der Waals surface area (Å²) in [5.41, 5.74) is 13.0. The second kappa shape index (κ2) is 11.4. The van der Waals surface area contributed by atoms with E-state index in [1.165, 1.54) is 0 Å². The van der Waals surface area contributed by atoms with E-state index in [2.05, 4.69) is 36.4 Å². The normalized spacial score (nSPS) is 15.9. The summed E-state index contributed by atoms with van der Waals surface area (Å²) >= 11 is 0. The van der Waals surface area contributed by atoms with Crippen LogP contribution in [0, 0.1) is 5.41 Å². The Bertz CT molecular complexity index is 1230. The zero-order valence-corrected chi connectivity index (χ0v) is 21.2. The Balaban J connectivity index is 0.00000253. The van der Waals surface area contributed by atoms with Crippen molar-refractivity contribution in [3.05, 3.63) is 88.5 Å². The summed E-state index contributed by atoms with van der Waals surface area (Å²) in [6.45, 7) is 6.64. The summed E-state index contributed by atoms with van der Waals surface area (Å²) in [6.07, 6.45) is 1.69. The predicted octanol–water partition coefficient (Wildman–Crippen LogP) is 6.19. The maximum Gasteiger partial charge on any atom is 0.323 e. The minimum atomic E-state index is -0.324. The molecule has 0 radical (unpaired) electrons. The first-order valence-corrected chi connectivity index (χ1v) is 12.5. The van der Waals surface area contributed by atoms with E-state index in [9.17, 15) is 4.79 Å². The molecule has 36 heavy (non-hydrogen) atoms. The molecule has 0 aliphatic carbocycles. The summed E-state index contributed by atoms with van der Waals surface area (Å²) in [6, 6.07) is 18.8. The van der Waals surface area contributed by atoms with Gasteiger partial charge >= 0.3 is 6.03 Å². The van der Waals surface area contributed by atoms with E-state index in [1.54, 1.807) is 18.2 Å². The van der Waals surface area contributed by atoms with Crippen LogP contribution in [0.5, 0.6) is 0 Å². The van der Waals surface area contributed by atoms with Crippen molar-refractivity contribution in [2.45, 2.75) is 32.8 Å². The third kappa shape index (κ3) is 5.75. The maximum absolute atomic E-state index is 12.8. The first kappa shape index (κ1) is 25.4. The fraction of sp³-hybridized carbons (Fsp3) is 0.310. The number of carbonyl (C=O) groups is 1. The molecule has 3 aromatic rings. The Morgan fingerprint density at radius 1 is 1.08 bits per heavy atom. The van der Waals surface area contributed by atoms with Crippen LogP contribution in [-0.4, -0.2) is 43.4 Å². The number of anilines is 3. The number of carbonyl (C=O) groups excluding carboxylic acids is 1. The number of urea groups is 1. The van der Waals surface area contributed by atoms with Gasteiger partial charge in [0.25, 0.3) is 0 Å². The number of likely N-dealkylation sites (N-methyl/N-ethyl adjacent to an activating group) is 1. The molecule has 7 nitrogen and oxygen atoms in total. The monoisotopic (exact) mass is 491 g/mol. The van der Waals surface area contributed by atoms with Crippen molar-refractivity contribution in [1.82, 2.24) is 4.90 Å². The molecule has 1 heterocycles. The molecule has 1 saturated heterocycles. The number of benzene rings is 3. The standard InChI is InChI=1S/C29H35N5O2.3H2/c1-4-19-7-6-8-20(5-2)28(19)33-29(35)32-23-13-14-25(30)24(17-23)27(31)22-11-9-21(10-12-22)26-18-34(3)15-16-36-26;;;/h6-14,17,26,31H,4-5,15-16,18,30H2,1-3H3,(H2,32,33,35);3*1H. The number of nitrogen functional groups attached to an aromatic ring is 1. The lowest BCUT2D eigenvalue weighted by Gasteiger charge is -2.30. The number of nitrogens with zero attached hydrogens (tertiary/aromatic N) is 1. The van der Waals surface area contributed by atoms with Crippen LogP contribution in [0.3, 0.4) is 0 Å². The molecule has 1 aliphatic heterocycles. The third-order valence-electron chi connectivity index (χ3n) is 6.66. The van der Waals surface area contributed by atoms with Gasteiger partial charge in [-0.05, 0) is 54.8 Å². The predicted molar refractivity (Wildman–Crippen MR) is 154 cm³/mol. The van der Waals surface area contributed by atoms with Gasteiger partial charge < -0.3 is 26.0 Å². The average molecular weight is 492 g/mol.